The first-order valence-electron chi connectivity index (χ1n) is 7.07. The Morgan fingerprint density at radius 3 is 2.59 bits per heavy atom. The van der Waals surface area contributed by atoms with Gasteiger partial charge in [-0.1, -0.05) is 48.5 Å². The van der Waals surface area contributed by atoms with Crippen molar-refractivity contribution in [1.29, 1.82) is 0 Å². The summed E-state index contributed by atoms with van der Waals surface area (Å²) in [7, 11) is 0. The molecular weight excluding hydrogens is 296 g/mol. The molecule has 1 unspecified atom stereocenters. The van der Waals surface area contributed by atoms with Crippen LogP contribution in [0.5, 0.6) is 0 Å². The van der Waals surface area contributed by atoms with E-state index in [1.807, 2.05) is 34.9 Å². The fraction of sp³-hybridized carbons (Fsp3) is 0.118. The fourth-order valence-electron chi connectivity index (χ4n) is 2.75. The zero-order valence-corrected chi connectivity index (χ0v) is 12.5. The van der Waals surface area contributed by atoms with Gasteiger partial charge >= 0.3 is 0 Å². The zero-order chi connectivity index (χ0) is 14.9. The van der Waals surface area contributed by atoms with Crippen molar-refractivity contribution in [2.24, 2.45) is 4.99 Å². The first-order valence-corrected chi connectivity index (χ1v) is 7.61. The Bertz CT molecular complexity index is 839. The minimum atomic E-state index is -0.216. The highest BCUT2D eigenvalue weighted by molar-refractivity contribution is 6.19. The summed E-state index contributed by atoms with van der Waals surface area (Å²) < 4.78 is 1.97. The number of halogens is 1. The van der Waals surface area contributed by atoms with Crippen LogP contribution in [0.3, 0.4) is 0 Å². The highest BCUT2D eigenvalue weighted by atomic mass is 35.5. The van der Waals surface area contributed by atoms with Gasteiger partial charge in [0.15, 0.2) is 5.82 Å². The first-order chi connectivity index (χ1) is 10.9. The number of aromatic nitrogens is 3. The van der Waals surface area contributed by atoms with Gasteiger partial charge in [0.1, 0.15) is 12.4 Å². The monoisotopic (exact) mass is 308 g/mol. The van der Waals surface area contributed by atoms with Gasteiger partial charge in [-0.25, -0.2) is 0 Å². The van der Waals surface area contributed by atoms with E-state index in [-0.39, 0.29) is 6.04 Å². The minimum Gasteiger partial charge on any atom is -0.283 e. The third kappa shape index (κ3) is 2.04. The number of rotatable bonds is 2. The van der Waals surface area contributed by atoms with Crippen LogP contribution in [0, 0.1) is 0 Å². The number of nitrogens with zero attached hydrogens (tertiary/aromatic N) is 4. The van der Waals surface area contributed by atoms with Gasteiger partial charge in [-0.2, -0.15) is 0 Å². The van der Waals surface area contributed by atoms with Gasteiger partial charge in [-0.15, -0.1) is 21.8 Å². The third-order valence-electron chi connectivity index (χ3n) is 3.77. The average molecular weight is 309 g/mol. The number of para-hydroxylation sites is 1. The van der Waals surface area contributed by atoms with E-state index in [1.165, 1.54) is 0 Å². The standard InChI is InChI=1S/C17H13ClN4/c18-10-14-17-21-19-11-22(17)15-9-5-4-8-13(15)16(20-14)12-6-2-1-3-7-12/h1-9,11,14H,10H2. The topological polar surface area (TPSA) is 43.1 Å². The van der Waals surface area contributed by atoms with Crippen molar-refractivity contribution >= 4 is 17.3 Å². The summed E-state index contributed by atoms with van der Waals surface area (Å²) in [5.41, 5.74) is 4.09. The van der Waals surface area contributed by atoms with Crippen LogP contribution in [0.4, 0.5) is 0 Å². The molecule has 0 radical (unpaired) electrons. The summed E-state index contributed by atoms with van der Waals surface area (Å²) in [6.07, 6.45) is 1.72. The molecule has 0 bridgehead atoms. The smallest absolute Gasteiger partial charge is 0.163 e. The summed E-state index contributed by atoms with van der Waals surface area (Å²) in [6.45, 7) is 0. The second-order valence-electron chi connectivity index (χ2n) is 5.09. The van der Waals surface area contributed by atoms with Crippen molar-refractivity contribution < 1.29 is 0 Å². The lowest BCUT2D eigenvalue weighted by molar-refractivity contribution is 0.730. The molecule has 0 spiro atoms. The van der Waals surface area contributed by atoms with Gasteiger partial charge in [-0.05, 0) is 6.07 Å². The molecule has 0 saturated carbocycles. The molecule has 0 N–H and O–H groups in total. The van der Waals surface area contributed by atoms with Crippen LogP contribution in [0.1, 0.15) is 23.0 Å². The lowest BCUT2D eigenvalue weighted by atomic mass is 10.0. The van der Waals surface area contributed by atoms with E-state index >= 15 is 0 Å². The lowest BCUT2D eigenvalue weighted by Gasteiger charge is -2.10. The summed E-state index contributed by atoms with van der Waals surface area (Å²) in [5.74, 6) is 1.14. The molecule has 5 heteroatoms. The quantitative estimate of drug-likeness (QED) is 0.681. The van der Waals surface area contributed by atoms with E-state index in [2.05, 4.69) is 34.5 Å². The van der Waals surface area contributed by atoms with Crippen molar-refractivity contribution in [3.8, 4) is 5.69 Å². The van der Waals surface area contributed by atoms with Gasteiger partial charge < -0.3 is 0 Å². The Balaban J connectivity index is 2.01. The van der Waals surface area contributed by atoms with Crippen LogP contribution in [-0.4, -0.2) is 26.4 Å². The Kier molecular flexibility index (Phi) is 3.24. The van der Waals surface area contributed by atoms with Crippen molar-refractivity contribution in [3.63, 3.8) is 0 Å². The predicted octanol–water partition coefficient (Wildman–Crippen LogP) is 3.40. The molecule has 2 aromatic carbocycles. The zero-order valence-electron chi connectivity index (χ0n) is 11.7. The van der Waals surface area contributed by atoms with E-state index < -0.39 is 0 Å². The largest absolute Gasteiger partial charge is 0.283 e. The highest BCUT2D eigenvalue weighted by Crippen LogP contribution is 2.29. The van der Waals surface area contributed by atoms with Gasteiger partial charge in [0, 0.05) is 11.1 Å². The van der Waals surface area contributed by atoms with Crippen molar-refractivity contribution in [1.82, 2.24) is 14.8 Å². The van der Waals surface area contributed by atoms with Crippen molar-refractivity contribution in [3.05, 3.63) is 77.9 Å². The third-order valence-corrected chi connectivity index (χ3v) is 4.06. The fourth-order valence-corrected chi connectivity index (χ4v) is 2.96. The number of hydrogen-bond donors (Lipinski definition) is 0. The van der Waals surface area contributed by atoms with Crippen LogP contribution < -0.4 is 0 Å². The molecule has 1 aromatic heterocycles. The maximum Gasteiger partial charge on any atom is 0.163 e. The molecule has 1 atom stereocenters. The molecule has 22 heavy (non-hydrogen) atoms. The molecule has 3 aromatic rings. The highest BCUT2D eigenvalue weighted by Gasteiger charge is 2.25. The van der Waals surface area contributed by atoms with E-state index in [9.17, 15) is 0 Å². The van der Waals surface area contributed by atoms with Crippen LogP contribution in [0.25, 0.3) is 5.69 Å². The lowest BCUT2D eigenvalue weighted by Crippen LogP contribution is -2.06. The van der Waals surface area contributed by atoms with Crippen LogP contribution >= 0.6 is 11.6 Å². The van der Waals surface area contributed by atoms with Crippen molar-refractivity contribution in [2.75, 3.05) is 5.88 Å². The number of benzene rings is 2. The van der Waals surface area contributed by atoms with E-state index in [0.29, 0.717) is 5.88 Å². The van der Waals surface area contributed by atoms with Gasteiger partial charge in [0.2, 0.25) is 0 Å². The Morgan fingerprint density at radius 1 is 1.00 bits per heavy atom. The SMILES string of the molecule is ClCC1N=C(c2ccccc2)c2ccccc2-n2cnnc21. The molecule has 4 nitrogen and oxygen atoms in total. The van der Waals surface area contributed by atoms with E-state index in [4.69, 9.17) is 16.6 Å². The second-order valence-corrected chi connectivity index (χ2v) is 5.40. The number of fused-ring (bicyclic) bond motifs is 3. The maximum atomic E-state index is 6.14. The predicted molar refractivity (Wildman–Crippen MR) is 86.9 cm³/mol. The maximum absolute atomic E-state index is 6.14. The van der Waals surface area contributed by atoms with Crippen LogP contribution in [0.2, 0.25) is 0 Å². The average Bonchev–Trinajstić information content (AvgIpc) is 3.02. The molecule has 1 aliphatic heterocycles. The Hall–Kier alpha value is -2.46. The van der Waals surface area contributed by atoms with Gasteiger partial charge in [0.05, 0.1) is 17.3 Å². The normalized spacial score (nSPS) is 16.4. The molecule has 4 rings (SSSR count). The number of aliphatic imine (C=N–C) groups is 1. The summed E-state index contributed by atoms with van der Waals surface area (Å²) in [6, 6.07) is 18.1. The Morgan fingerprint density at radius 2 is 1.77 bits per heavy atom. The molecule has 0 fully saturated rings. The summed E-state index contributed by atoms with van der Waals surface area (Å²) in [4.78, 5) is 4.88. The van der Waals surface area contributed by atoms with Crippen molar-refractivity contribution in [2.45, 2.75) is 6.04 Å². The number of hydrogen-bond acceptors (Lipinski definition) is 3. The number of alkyl halides is 1. The summed E-state index contributed by atoms with van der Waals surface area (Å²) in [5, 5.41) is 8.24. The molecule has 2 heterocycles. The van der Waals surface area contributed by atoms with Gasteiger partial charge in [0.25, 0.3) is 0 Å². The molecule has 0 amide bonds. The van der Waals surface area contributed by atoms with Gasteiger partial charge in [-0.3, -0.25) is 9.56 Å². The second kappa shape index (κ2) is 5.39. The first kappa shape index (κ1) is 13.2. The Labute approximate surface area is 133 Å². The molecule has 1 aliphatic rings. The summed E-state index contributed by atoms with van der Waals surface area (Å²) >= 11 is 6.14. The van der Waals surface area contributed by atoms with Crippen LogP contribution in [0.15, 0.2) is 65.9 Å². The van der Waals surface area contributed by atoms with E-state index in [0.717, 1.165) is 28.4 Å². The molecular formula is C17H13ClN4. The minimum absolute atomic E-state index is 0.216. The van der Waals surface area contributed by atoms with Crippen LogP contribution in [-0.2, 0) is 0 Å². The molecule has 108 valence electrons. The molecule has 0 saturated heterocycles. The van der Waals surface area contributed by atoms with E-state index in [1.54, 1.807) is 6.33 Å². The molecule has 0 aliphatic carbocycles.